The molecule has 0 radical (unpaired) electrons. The number of anilines is 1. The van der Waals surface area contributed by atoms with E-state index < -0.39 is 15.7 Å². The molecule has 0 atom stereocenters. The van der Waals surface area contributed by atoms with Gasteiger partial charge in [0.2, 0.25) is 0 Å². The summed E-state index contributed by atoms with van der Waals surface area (Å²) in [5.74, 6) is 0. The van der Waals surface area contributed by atoms with Crippen molar-refractivity contribution in [3.63, 3.8) is 0 Å². The molecule has 1 aromatic heterocycles. The van der Waals surface area contributed by atoms with Gasteiger partial charge >= 0.3 is 5.69 Å². The third-order valence-electron chi connectivity index (χ3n) is 4.19. The van der Waals surface area contributed by atoms with Crippen LogP contribution in [-0.4, -0.2) is 23.9 Å². The molecule has 1 N–H and O–H groups in total. The molecule has 2 aromatic carbocycles. The summed E-state index contributed by atoms with van der Waals surface area (Å²) in [6.45, 7) is 0.784. The van der Waals surface area contributed by atoms with E-state index in [0.717, 1.165) is 29.8 Å². The molecule has 1 aliphatic heterocycles. The van der Waals surface area contributed by atoms with Crippen LogP contribution in [0.4, 0.5) is 5.69 Å². The highest BCUT2D eigenvalue weighted by atomic mass is 32.2. The van der Waals surface area contributed by atoms with Gasteiger partial charge in [0.1, 0.15) is 0 Å². The van der Waals surface area contributed by atoms with Crippen LogP contribution in [0.3, 0.4) is 0 Å². The molecule has 2 heterocycles. The highest BCUT2D eigenvalue weighted by Gasteiger charge is 2.22. The minimum absolute atomic E-state index is 0.0892. The van der Waals surface area contributed by atoms with E-state index in [1.165, 1.54) is 18.3 Å². The highest BCUT2D eigenvalue weighted by Crippen LogP contribution is 2.25. The van der Waals surface area contributed by atoms with E-state index in [1.807, 2.05) is 30.3 Å². The second-order valence-electron chi connectivity index (χ2n) is 5.76. The summed E-state index contributed by atoms with van der Waals surface area (Å²) < 4.78 is 26.3. The molecule has 3 aromatic rings. The molecular formula is C18H15N3O3S. The lowest BCUT2D eigenvalue weighted by atomic mass is 10.1. The van der Waals surface area contributed by atoms with Crippen LogP contribution in [-0.2, 0) is 16.4 Å². The molecule has 7 heteroatoms. The van der Waals surface area contributed by atoms with Gasteiger partial charge < -0.3 is 5.32 Å². The number of nitrogens with one attached hydrogen (secondary N) is 1. The summed E-state index contributed by atoms with van der Waals surface area (Å²) >= 11 is 0. The molecule has 0 bridgehead atoms. The zero-order chi connectivity index (χ0) is 17.4. The van der Waals surface area contributed by atoms with Crippen molar-refractivity contribution in [1.29, 1.82) is 0 Å². The van der Waals surface area contributed by atoms with Gasteiger partial charge in [-0.15, -0.1) is 0 Å². The Bertz CT molecular complexity index is 1110. The molecule has 0 spiro atoms. The van der Waals surface area contributed by atoms with Crippen LogP contribution in [0.5, 0.6) is 0 Å². The minimum Gasteiger partial charge on any atom is -0.384 e. The molecule has 0 saturated heterocycles. The van der Waals surface area contributed by atoms with Gasteiger partial charge in [0.15, 0.2) is 0 Å². The number of nitrogens with zero attached hydrogens (tertiary/aromatic N) is 2. The summed E-state index contributed by atoms with van der Waals surface area (Å²) in [6.07, 6.45) is 2.03. The van der Waals surface area contributed by atoms with Crippen molar-refractivity contribution in [3.05, 3.63) is 76.8 Å². The van der Waals surface area contributed by atoms with E-state index in [0.29, 0.717) is 9.67 Å². The number of fused-ring (bicyclic) bond motifs is 1. The maximum Gasteiger partial charge on any atom is 0.362 e. The van der Waals surface area contributed by atoms with Gasteiger partial charge in [0.05, 0.1) is 10.6 Å². The number of rotatable bonds is 3. The number of benzene rings is 2. The Morgan fingerprint density at radius 2 is 1.84 bits per heavy atom. The zero-order valence-corrected chi connectivity index (χ0v) is 14.0. The Hall–Kier alpha value is -2.93. The average molecular weight is 353 g/mol. The molecule has 0 unspecified atom stereocenters. The van der Waals surface area contributed by atoms with Crippen LogP contribution in [0.1, 0.15) is 5.56 Å². The van der Waals surface area contributed by atoms with Gasteiger partial charge in [-0.3, -0.25) is 0 Å². The third-order valence-corrected chi connectivity index (χ3v) is 5.83. The van der Waals surface area contributed by atoms with E-state index in [2.05, 4.69) is 10.3 Å². The summed E-state index contributed by atoms with van der Waals surface area (Å²) in [6, 6.07) is 15.5. The topological polar surface area (TPSA) is 81.1 Å². The first-order chi connectivity index (χ1) is 12.1. The van der Waals surface area contributed by atoms with Crippen molar-refractivity contribution in [2.45, 2.75) is 11.3 Å². The molecule has 25 heavy (non-hydrogen) atoms. The van der Waals surface area contributed by atoms with Crippen LogP contribution >= 0.6 is 0 Å². The van der Waals surface area contributed by atoms with Crippen molar-refractivity contribution in [2.75, 3.05) is 11.9 Å². The van der Waals surface area contributed by atoms with Crippen molar-refractivity contribution in [2.24, 2.45) is 0 Å². The fraction of sp³-hybridized carbons (Fsp3) is 0.111. The second kappa shape index (κ2) is 5.86. The van der Waals surface area contributed by atoms with Gasteiger partial charge in [0, 0.05) is 24.0 Å². The molecule has 0 aliphatic carbocycles. The Balaban J connectivity index is 1.77. The van der Waals surface area contributed by atoms with Crippen molar-refractivity contribution in [3.8, 4) is 11.3 Å². The monoisotopic (exact) mass is 353 g/mol. The third kappa shape index (κ3) is 2.72. The number of aromatic nitrogens is 2. The van der Waals surface area contributed by atoms with Gasteiger partial charge in [-0.2, -0.15) is 8.96 Å². The first-order valence-electron chi connectivity index (χ1n) is 7.83. The molecule has 4 rings (SSSR count). The first kappa shape index (κ1) is 15.6. The smallest absolute Gasteiger partial charge is 0.362 e. The van der Waals surface area contributed by atoms with E-state index in [4.69, 9.17) is 0 Å². The van der Waals surface area contributed by atoms with Gasteiger partial charge in [-0.05, 0) is 36.2 Å². The highest BCUT2D eigenvalue weighted by molar-refractivity contribution is 7.90. The predicted molar refractivity (Wildman–Crippen MR) is 95.2 cm³/mol. The molecule has 1 aliphatic rings. The normalized spacial score (nSPS) is 13.3. The number of hydrogen-bond donors (Lipinski definition) is 1. The van der Waals surface area contributed by atoms with Crippen LogP contribution in [0.25, 0.3) is 11.3 Å². The minimum atomic E-state index is -3.98. The Morgan fingerprint density at radius 1 is 1.04 bits per heavy atom. The maximum atomic E-state index is 12.8. The van der Waals surface area contributed by atoms with Gasteiger partial charge in [0.25, 0.3) is 10.0 Å². The van der Waals surface area contributed by atoms with Crippen molar-refractivity contribution in [1.82, 2.24) is 8.96 Å². The fourth-order valence-electron chi connectivity index (χ4n) is 2.90. The van der Waals surface area contributed by atoms with Crippen LogP contribution in [0.2, 0.25) is 0 Å². The Labute approximate surface area is 144 Å². The molecule has 0 saturated carbocycles. The molecular weight excluding hydrogens is 338 g/mol. The van der Waals surface area contributed by atoms with E-state index in [9.17, 15) is 13.2 Å². The van der Waals surface area contributed by atoms with E-state index in [-0.39, 0.29) is 4.90 Å². The molecule has 0 amide bonds. The van der Waals surface area contributed by atoms with Crippen LogP contribution in [0.15, 0.2) is 70.5 Å². The van der Waals surface area contributed by atoms with E-state index >= 15 is 0 Å². The first-order valence-corrected chi connectivity index (χ1v) is 9.27. The lowest BCUT2D eigenvalue weighted by Gasteiger charge is -2.09. The molecule has 0 fully saturated rings. The Morgan fingerprint density at radius 3 is 2.60 bits per heavy atom. The van der Waals surface area contributed by atoms with Crippen molar-refractivity contribution < 1.29 is 8.42 Å². The van der Waals surface area contributed by atoms with Crippen molar-refractivity contribution >= 4 is 15.7 Å². The second-order valence-corrected chi connectivity index (χ2v) is 7.57. The van der Waals surface area contributed by atoms with E-state index in [1.54, 1.807) is 12.1 Å². The predicted octanol–water partition coefficient (Wildman–Crippen LogP) is 2.12. The number of hydrogen-bond acceptors (Lipinski definition) is 5. The Kier molecular flexibility index (Phi) is 3.65. The fourth-order valence-corrected chi connectivity index (χ4v) is 4.13. The summed E-state index contributed by atoms with van der Waals surface area (Å²) in [5.41, 5.74) is 2.25. The molecule has 6 nitrogen and oxygen atoms in total. The zero-order valence-electron chi connectivity index (χ0n) is 13.2. The van der Waals surface area contributed by atoms with Gasteiger partial charge in [-0.1, -0.05) is 30.3 Å². The van der Waals surface area contributed by atoms with Crippen LogP contribution in [0, 0.1) is 0 Å². The summed E-state index contributed by atoms with van der Waals surface area (Å²) in [4.78, 5) is 16.3. The lowest BCUT2D eigenvalue weighted by Crippen LogP contribution is -2.29. The maximum absolute atomic E-state index is 12.8. The quantitative estimate of drug-likeness (QED) is 0.780. The average Bonchev–Trinajstić information content (AvgIpc) is 3.10. The largest absolute Gasteiger partial charge is 0.384 e. The van der Waals surface area contributed by atoms with Crippen LogP contribution < -0.4 is 11.0 Å². The SMILES string of the molecule is O=c1nc(-c2ccccc2)ccn1S(=O)(=O)c1ccc2c(c1)CCN2. The summed E-state index contributed by atoms with van der Waals surface area (Å²) in [7, 11) is -3.98. The summed E-state index contributed by atoms with van der Waals surface area (Å²) in [5, 5.41) is 3.18. The standard InChI is InChI=1S/C18H15N3O3S/c22-18-20-17(13-4-2-1-3-5-13)9-11-21(18)25(23,24)15-6-7-16-14(12-15)8-10-19-16/h1-7,9,11-12,19H,8,10H2. The lowest BCUT2D eigenvalue weighted by molar-refractivity contribution is 0.584. The molecule has 126 valence electrons. The van der Waals surface area contributed by atoms with Gasteiger partial charge in [-0.25, -0.2) is 13.2 Å².